The largest absolute Gasteiger partial charge is 0.352 e. The fourth-order valence-electron chi connectivity index (χ4n) is 1.69. The number of hydrogen-bond donors (Lipinski definition) is 2. The van der Waals surface area contributed by atoms with Crippen LogP contribution in [0, 0.1) is 23.3 Å². The van der Waals surface area contributed by atoms with Gasteiger partial charge in [-0.25, -0.2) is 30.7 Å². The van der Waals surface area contributed by atoms with E-state index in [1.165, 1.54) is 6.92 Å². The number of amides is 1. The van der Waals surface area contributed by atoms with Crippen LogP contribution in [0.3, 0.4) is 0 Å². The maximum atomic E-state index is 13.8. The molecule has 26 heavy (non-hydrogen) atoms. The van der Waals surface area contributed by atoms with E-state index in [2.05, 4.69) is 17.0 Å². The van der Waals surface area contributed by atoms with E-state index in [9.17, 15) is 30.8 Å². The molecule has 2 N–H and O–H groups in total. The Hall–Kier alpha value is -2.63. The first-order valence-corrected chi connectivity index (χ1v) is 8.37. The molecule has 0 saturated heterocycles. The summed E-state index contributed by atoms with van der Waals surface area (Å²) in [6, 6.07) is 0. The van der Waals surface area contributed by atoms with Crippen molar-refractivity contribution < 1.29 is 30.8 Å². The Morgan fingerprint density at radius 3 is 2.15 bits per heavy atom. The minimum atomic E-state index is -4.96. The molecule has 0 aliphatic heterocycles. The van der Waals surface area contributed by atoms with Gasteiger partial charge in [-0.05, 0) is 18.9 Å². The normalized spacial score (nSPS) is 11.0. The summed E-state index contributed by atoms with van der Waals surface area (Å²) < 4.78 is 80.5. The van der Waals surface area contributed by atoms with Crippen LogP contribution >= 0.6 is 0 Å². The molecule has 0 spiro atoms. The van der Waals surface area contributed by atoms with Gasteiger partial charge in [0.05, 0.1) is 0 Å². The van der Waals surface area contributed by atoms with Crippen LogP contribution in [0.2, 0.25) is 0 Å². The molecule has 1 aromatic carbocycles. The van der Waals surface area contributed by atoms with Gasteiger partial charge in [0, 0.05) is 23.6 Å². The lowest BCUT2D eigenvalue weighted by Crippen LogP contribution is -2.31. The van der Waals surface area contributed by atoms with Crippen LogP contribution in [0.15, 0.2) is 22.2 Å². The quantitative estimate of drug-likeness (QED) is 0.134. The van der Waals surface area contributed by atoms with E-state index in [1.807, 2.05) is 4.91 Å². The summed E-state index contributed by atoms with van der Waals surface area (Å²) in [5.41, 5.74) is 6.74. The highest BCUT2D eigenvalue weighted by molar-refractivity contribution is 7.89. The molecule has 0 aliphatic carbocycles. The number of halogens is 4. The molecule has 0 saturated carbocycles. The van der Waals surface area contributed by atoms with Gasteiger partial charge in [-0.15, -0.1) is 0 Å². The predicted octanol–water partition coefficient (Wildman–Crippen LogP) is 2.55. The second-order valence-corrected chi connectivity index (χ2v) is 6.61. The summed E-state index contributed by atoms with van der Waals surface area (Å²) in [6.45, 7) is 4.45. The van der Waals surface area contributed by atoms with Crippen LogP contribution in [0.1, 0.15) is 13.3 Å². The van der Waals surface area contributed by atoms with Crippen LogP contribution in [0.25, 0.3) is 10.4 Å². The van der Waals surface area contributed by atoms with Gasteiger partial charge in [0.25, 0.3) is 0 Å². The smallest absolute Gasteiger partial charge is 0.246 e. The second-order valence-electron chi connectivity index (χ2n) is 4.91. The van der Waals surface area contributed by atoms with E-state index >= 15 is 0 Å². The molecule has 0 unspecified atom stereocenters. The third-order valence-electron chi connectivity index (χ3n) is 2.93. The average Bonchev–Trinajstić information content (AvgIpc) is 2.56. The highest BCUT2D eigenvalue weighted by Gasteiger charge is 2.32. The van der Waals surface area contributed by atoms with Crippen molar-refractivity contribution in [2.45, 2.75) is 18.2 Å². The molecule has 13 heteroatoms. The zero-order chi connectivity index (χ0) is 20.1. The molecule has 0 fully saturated rings. The Morgan fingerprint density at radius 2 is 1.69 bits per heavy atom. The topological polar surface area (TPSA) is 124 Å². The summed E-state index contributed by atoms with van der Waals surface area (Å²) in [6.07, 6.45) is 0.0171. The number of hydrogen-bond acceptors (Lipinski definition) is 4. The number of rotatable bonds is 8. The molecule has 1 aromatic rings. The lowest BCUT2D eigenvalue weighted by Gasteiger charge is -2.11. The zero-order valence-corrected chi connectivity index (χ0v) is 14.1. The minimum Gasteiger partial charge on any atom is -0.352 e. The van der Waals surface area contributed by atoms with Crippen LogP contribution in [-0.2, 0) is 14.8 Å². The van der Waals surface area contributed by atoms with E-state index < -0.39 is 49.8 Å². The van der Waals surface area contributed by atoms with Gasteiger partial charge < -0.3 is 5.32 Å². The summed E-state index contributed by atoms with van der Waals surface area (Å²) in [5.74, 6) is -9.21. The van der Waals surface area contributed by atoms with Gasteiger partial charge in [0.15, 0.2) is 28.2 Å². The summed E-state index contributed by atoms with van der Waals surface area (Å²) in [5, 5.41) is 4.84. The maximum absolute atomic E-state index is 13.8. The molecule has 0 atom stereocenters. The van der Waals surface area contributed by atoms with Crippen molar-refractivity contribution in [3.63, 3.8) is 0 Å². The van der Waals surface area contributed by atoms with Crippen LogP contribution < -0.4 is 10.0 Å². The summed E-state index contributed by atoms with van der Waals surface area (Å²) in [4.78, 5) is 11.3. The zero-order valence-electron chi connectivity index (χ0n) is 13.3. The number of nitrogens with one attached hydrogen (secondary N) is 2. The average molecular weight is 395 g/mol. The Kier molecular flexibility index (Phi) is 7.12. The summed E-state index contributed by atoms with van der Waals surface area (Å²) in [7, 11) is -4.96. The molecule has 0 bridgehead atoms. The Labute approximate surface area is 145 Å². The second kappa shape index (κ2) is 8.65. The van der Waals surface area contributed by atoms with E-state index in [-0.39, 0.29) is 25.1 Å². The van der Waals surface area contributed by atoms with Crippen LogP contribution in [0.5, 0.6) is 0 Å². The third kappa shape index (κ3) is 4.71. The molecule has 0 radical (unpaired) electrons. The van der Waals surface area contributed by atoms with E-state index in [4.69, 9.17) is 5.53 Å². The molecule has 0 aliphatic rings. The lowest BCUT2D eigenvalue weighted by atomic mass is 10.2. The standard InChI is InChI=1S/C13H13F4N5O3S/c1-6(2)13(23)19-4-3-5-20-26(24,25)12-9(16)7(14)11(21-22-18)8(15)10(12)17/h20H,1,3-5H2,2H3,(H,19,23). The number of carbonyl (C=O) groups is 1. The molecular formula is C13H13F4N5O3S. The monoisotopic (exact) mass is 395 g/mol. The van der Waals surface area contributed by atoms with E-state index in [0.29, 0.717) is 0 Å². The first-order chi connectivity index (χ1) is 12.0. The predicted molar refractivity (Wildman–Crippen MR) is 82.7 cm³/mol. The highest BCUT2D eigenvalue weighted by Crippen LogP contribution is 2.32. The van der Waals surface area contributed by atoms with Gasteiger partial charge in [-0.3, -0.25) is 4.79 Å². The number of sulfonamides is 1. The third-order valence-corrected chi connectivity index (χ3v) is 4.41. The van der Waals surface area contributed by atoms with Gasteiger partial charge in [0.2, 0.25) is 15.9 Å². The number of carbonyl (C=O) groups excluding carboxylic acids is 1. The van der Waals surface area contributed by atoms with Gasteiger partial charge in [-0.1, -0.05) is 11.7 Å². The molecule has 0 heterocycles. The SMILES string of the molecule is C=C(C)C(=O)NCCCNS(=O)(=O)c1c(F)c(F)c(N=[N+]=[N-])c(F)c1F. The first kappa shape index (κ1) is 21.4. The van der Waals surface area contributed by atoms with E-state index in [0.717, 1.165) is 0 Å². The fraction of sp³-hybridized carbons (Fsp3) is 0.308. The Morgan fingerprint density at radius 1 is 1.15 bits per heavy atom. The van der Waals surface area contributed by atoms with Gasteiger partial charge >= 0.3 is 0 Å². The van der Waals surface area contributed by atoms with Crippen molar-refractivity contribution in [1.82, 2.24) is 10.0 Å². The molecule has 0 aromatic heterocycles. The molecular weight excluding hydrogens is 382 g/mol. The molecule has 1 amide bonds. The molecule has 142 valence electrons. The highest BCUT2D eigenvalue weighted by atomic mass is 32.2. The summed E-state index contributed by atoms with van der Waals surface area (Å²) >= 11 is 0. The fourth-order valence-corrected chi connectivity index (χ4v) is 2.90. The van der Waals surface area contributed by atoms with Gasteiger partial charge in [0.1, 0.15) is 5.69 Å². The van der Waals surface area contributed by atoms with E-state index in [1.54, 1.807) is 4.72 Å². The van der Waals surface area contributed by atoms with Crippen molar-refractivity contribution in [2.24, 2.45) is 5.11 Å². The van der Waals surface area contributed by atoms with Gasteiger partial charge in [-0.2, -0.15) is 0 Å². The van der Waals surface area contributed by atoms with Crippen molar-refractivity contribution in [1.29, 1.82) is 0 Å². The van der Waals surface area contributed by atoms with Crippen LogP contribution in [-0.4, -0.2) is 27.4 Å². The lowest BCUT2D eigenvalue weighted by molar-refractivity contribution is -0.117. The Bertz CT molecular complexity index is 869. The maximum Gasteiger partial charge on any atom is 0.246 e. The first-order valence-electron chi connectivity index (χ1n) is 6.89. The number of benzene rings is 1. The Balaban J connectivity index is 2.98. The van der Waals surface area contributed by atoms with Crippen molar-refractivity contribution in [3.05, 3.63) is 45.9 Å². The number of nitrogens with zero attached hydrogens (tertiary/aromatic N) is 3. The number of azide groups is 1. The van der Waals surface area contributed by atoms with Crippen molar-refractivity contribution in [3.8, 4) is 0 Å². The molecule has 8 nitrogen and oxygen atoms in total. The van der Waals surface area contributed by atoms with Crippen molar-refractivity contribution >= 4 is 21.6 Å². The van der Waals surface area contributed by atoms with Crippen molar-refractivity contribution in [2.75, 3.05) is 13.1 Å². The van der Waals surface area contributed by atoms with Crippen LogP contribution in [0.4, 0.5) is 23.2 Å². The molecule has 1 rings (SSSR count). The minimum absolute atomic E-state index is 0.0116.